The van der Waals surface area contributed by atoms with Gasteiger partial charge in [-0.25, -0.2) is 4.94 Å². The predicted molar refractivity (Wildman–Crippen MR) is 21.7 cm³/mol. The van der Waals surface area contributed by atoms with Gasteiger partial charge in [0.1, 0.15) is 0 Å². The molecule has 36 valence electrons. The molecule has 1 unspecified atom stereocenters. The minimum absolute atomic E-state index is 0.463. The molecule has 1 saturated heterocycles. The Kier molecular flexibility index (Phi) is 1.05. The van der Waals surface area contributed by atoms with Crippen molar-refractivity contribution >= 4 is 0 Å². The van der Waals surface area contributed by atoms with Gasteiger partial charge < -0.3 is 0 Å². The average molecular weight is 88.1 g/mol. The van der Waals surface area contributed by atoms with E-state index in [0.717, 1.165) is 6.54 Å². The summed E-state index contributed by atoms with van der Waals surface area (Å²) in [4.78, 5) is 4.56. The van der Waals surface area contributed by atoms with Crippen molar-refractivity contribution in [1.29, 1.82) is 0 Å². The fraction of sp³-hybridized carbons (Fsp3) is 1.00. The van der Waals surface area contributed by atoms with Crippen LogP contribution < -0.4 is 11.0 Å². The molecule has 0 radical (unpaired) electrons. The van der Waals surface area contributed by atoms with E-state index in [1.807, 2.05) is 6.92 Å². The Morgan fingerprint density at radius 1 is 1.83 bits per heavy atom. The van der Waals surface area contributed by atoms with Crippen molar-refractivity contribution in [2.75, 3.05) is 6.54 Å². The normalized spacial score (nSPS) is 34.5. The van der Waals surface area contributed by atoms with Crippen molar-refractivity contribution in [3.8, 4) is 0 Å². The maximum Gasteiger partial charge on any atom is 0.0461 e. The lowest BCUT2D eigenvalue weighted by atomic mass is 10.4. The smallest absolute Gasteiger partial charge is 0.0461 e. The van der Waals surface area contributed by atoms with Crippen LogP contribution in [0.15, 0.2) is 0 Å². The molecule has 2 N–H and O–H groups in total. The van der Waals surface area contributed by atoms with Crippen molar-refractivity contribution in [1.82, 2.24) is 11.0 Å². The Hall–Kier alpha value is -0.120. The highest BCUT2D eigenvalue weighted by molar-refractivity contribution is 4.56. The monoisotopic (exact) mass is 88.1 g/mol. The first-order valence-corrected chi connectivity index (χ1v) is 2.04. The first-order valence-electron chi connectivity index (χ1n) is 2.04. The Morgan fingerprint density at radius 2 is 2.67 bits per heavy atom. The lowest BCUT2D eigenvalue weighted by molar-refractivity contribution is 0.0162. The van der Waals surface area contributed by atoms with Gasteiger partial charge in [-0.05, 0) is 6.92 Å². The van der Waals surface area contributed by atoms with Gasteiger partial charge in [0.15, 0.2) is 0 Å². The van der Waals surface area contributed by atoms with Crippen LogP contribution in [-0.2, 0) is 4.94 Å². The second-order valence-corrected chi connectivity index (χ2v) is 1.47. The van der Waals surface area contributed by atoms with Gasteiger partial charge in [0.05, 0.1) is 0 Å². The van der Waals surface area contributed by atoms with Gasteiger partial charge in [-0.2, -0.15) is 11.0 Å². The van der Waals surface area contributed by atoms with Gasteiger partial charge in [-0.15, -0.1) is 0 Å². The zero-order chi connectivity index (χ0) is 4.41. The first kappa shape index (κ1) is 4.05. The Balaban J connectivity index is 2.18. The van der Waals surface area contributed by atoms with E-state index in [4.69, 9.17) is 0 Å². The molecule has 1 rings (SSSR count). The summed E-state index contributed by atoms with van der Waals surface area (Å²) in [6.45, 7) is 2.94. The summed E-state index contributed by atoms with van der Waals surface area (Å²) in [6.07, 6.45) is 0. The van der Waals surface area contributed by atoms with Crippen LogP contribution >= 0.6 is 0 Å². The summed E-state index contributed by atoms with van der Waals surface area (Å²) in [7, 11) is 0. The molecular weight excluding hydrogens is 80.0 g/mol. The molecule has 0 spiro atoms. The molecule has 0 aromatic rings. The second-order valence-electron chi connectivity index (χ2n) is 1.47. The number of hydrogen-bond donors (Lipinski definition) is 2. The van der Waals surface area contributed by atoms with Crippen LogP contribution in [0.2, 0.25) is 0 Å². The molecule has 0 aliphatic carbocycles. The van der Waals surface area contributed by atoms with Crippen LogP contribution in [0.3, 0.4) is 0 Å². The molecule has 0 saturated carbocycles. The third-order valence-corrected chi connectivity index (χ3v) is 0.722. The minimum atomic E-state index is 0.463. The highest BCUT2D eigenvalue weighted by Crippen LogP contribution is 1.82. The molecule has 0 amide bonds. The van der Waals surface area contributed by atoms with E-state index in [0.29, 0.717) is 6.04 Å². The minimum Gasteiger partial charge on any atom is -0.214 e. The van der Waals surface area contributed by atoms with Crippen molar-refractivity contribution < 1.29 is 4.94 Å². The van der Waals surface area contributed by atoms with Gasteiger partial charge in [-0.1, -0.05) is 0 Å². The molecule has 1 aliphatic heterocycles. The Morgan fingerprint density at radius 3 is 2.83 bits per heavy atom. The topological polar surface area (TPSA) is 33.3 Å². The van der Waals surface area contributed by atoms with Gasteiger partial charge in [0, 0.05) is 12.6 Å². The van der Waals surface area contributed by atoms with Crippen LogP contribution in [0.4, 0.5) is 0 Å². The summed E-state index contributed by atoms with van der Waals surface area (Å²) >= 11 is 0. The molecule has 0 aromatic carbocycles. The largest absolute Gasteiger partial charge is 0.214 e. The highest BCUT2D eigenvalue weighted by Gasteiger charge is 2.05. The lowest BCUT2D eigenvalue weighted by Crippen LogP contribution is -2.17. The Labute approximate surface area is 36.6 Å². The van der Waals surface area contributed by atoms with Crippen molar-refractivity contribution in [2.45, 2.75) is 13.0 Å². The number of nitrogens with one attached hydrogen (secondary N) is 2. The second kappa shape index (κ2) is 1.55. The molecule has 6 heavy (non-hydrogen) atoms. The summed E-state index contributed by atoms with van der Waals surface area (Å²) < 4.78 is 0. The van der Waals surface area contributed by atoms with Crippen LogP contribution in [0.1, 0.15) is 6.92 Å². The van der Waals surface area contributed by atoms with Crippen LogP contribution in [0.5, 0.6) is 0 Å². The SMILES string of the molecule is CC1CNON1. The zero-order valence-corrected chi connectivity index (χ0v) is 3.69. The maximum absolute atomic E-state index is 4.56. The Bertz CT molecular complexity index is 42.1. The fourth-order valence-electron chi connectivity index (χ4n) is 0.351. The maximum atomic E-state index is 4.56. The third-order valence-electron chi connectivity index (χ3n) is 0.722. The van der Waals surface area contributed by atoms with E-state index in [-0.39, 0.29) is 0 Å². The van der Waals surface area contributed by atoms with Gasteiger partial charge in [-0.3, -0.25) is 0 Å². The van der Waals surface area contributed by atoms with E-state index in [2.05, 4.69) is 15.9 Å². The summed E-state index contributed by atoms with van der Waals surface area (Å²) in [6, 6.07) is 0.463. The fourth-order valence-corrected chi connectivity index (χ4v) is 0.351. The zero-order valence-electron chi connectivity index (χ0n) is 3.69. The van der Waals surface area contributed by atoms with Gasteiger partial charge in [0.25, 0.3) is 0 Å². The molecular formula is C3H8N2O. The first-order chi connectivity index (χ1) is 2.89. The van der Waals surface area contributed by atoms with Crippen LogP contribution in [0.25, 0.3) is 0 Å². The molecule has 3 nitrogen and oxygen atoms in total. The van der Waals surface area contributed by atoms with Gasteiger partial charge in [0.2, 0.25) is 0 Å². The summed E-state index contributed by atoms with van der Waals surface area (Å²) in [5, 5.41) is 0. The molecule has 0 bridgehead atoms. The van der Waals surface area contributed by atoms with Crippen molar-refractivity contribution in [3.05, 3.63) is 0 Å². The number of hydroxylamine groups is 2. The summed E-state index contributed by atoms with van der Waals surface area (Å²) in [5.74, 6) is 0. The van der Waals surface area contributed by atoms with E-state index in [9.17, 15) is 0 Å². The predicted octanol–water partition coefficient (Wildman–Crippen LogP) is -0.586. The van der Waals surface area contributed by atoms with E-state index in [1.54, 1.807) is 0 Å². The van der Waals surface area contributed by atoms with E-state index in [1.165, 1.54) is 0 Å². The lowest BCUT2D eigenvalue weighted by Gasteiger charge is -1.90. The van der Waals surface area contributed by atoms with Crippen molar-refractivity contribution in [3.63, 3.8) is 0 Å². The van der Waals surface area contributed by atoms with Crippen LogP contribution in [-0.4, -0.2) is 12.6 Å². The third kappa shape index (κ3) is 0.680. The van der Waals surface area contributed by atoms with Gasteiger partial charge >= 0.3 is 0 Å². The number of hydrogen-bond acceptors (Lipinski definition) is 3. The van der Waals surface area contributed by atoms with E-state index < -0.39 is 0 Å². The molecule has 1 aliphatic rings. The summed E-state index contributed by atoms with van der Waals surface area (Å²) in [5.41, 5.74) is 5.37. The average Bonchev–Trinajstić information content (AvgIpc) is 1.86. The molecule has 1 fully saturated rings. The van der Waals surface area contributed by atoms with E-state index >= 15 is 0 Å². The molecule has 1 heterocycles. The number of rotatable bonds is 0. The highest BCUT2D eigenvalue weighted by atomic mass is 16.8. The molecule has 3 heteroatoms. The molecule has 1 atom stereocenters. The van der Waals surface area contributed by atoms with Crippen LogP contribution in [0, 0.1) is 0 Å². The standard InChI is InChI=1S/C3H8N2O/c1-3-2-4-6-5-3/h3-5H,2H2,1H3. The van der Waals surface area contributed by atoms with Crippen molar-refractivity contribution in [2.24, 2.45) is 0 Å². The quantitative estimate of drug-likeness (QED) is 0.415. The molecule has 0 aromatic heterocycles.